The molecule has 0 radical (unpaired) electrons. The van der Waals surface area contributed by atoms with E-state index in [1.807, 2.05) is 25.1 Å². The molecule has 10 heteroatoms. The van der Waals surface area contributed by atoms with E-state index in [1.165, 1.54) is 25.0 Å². The molecular formula is C37H42FN5O3U. The van der Waals surface area contributed by atoms with E-state index >= 15 is 0 Å². The largest absolute Gasteiger partial charge is 2.00 e. The average molecular weight is 862 g/mol. The number of nitrogens with zero attached hydrogens (tertiary/aromatic N) is 2. The molecule has 2 aliphatic rings. The monoisotopic (exact) mass is 861 g/mol. The molecule has 1 aliphatic heterocycles. The molecule has 4 rings (SSSR count). The second kappa shape index (κ2) is 19.6. The summed E-state index contributed by atoms with van der Waals surface area (Å²) in [5, 5.41) is 16.9. The third-order valence-corrected chi connectivity index (χ3v) is 7.15. The molecule has 0 atom stereocenters. The summed E-state index contributed by atoms with van der Waals surface area (Å²) in [4.78, 5) is 40.5. The smallest absolute Gasteiger partial charge is 0.368 e. The van der Waals surface area contributed by atoms with Crippen LogP contribution in [0.4, 0.5) is 10.1 Å². The average Bonchev–Trinajstić information content (AvgIpc) is 3.23. The molecule has 8 nitrogen and oxygen atoms in total. The first-order valence-electron chi connectivity index (χ1n) is 14.8. The van der Waals surface area contributed by atoms with Crippen molar-refractivity contribution in [3.05, 3.63) is 106 Å². The number of Topliss-reactive ketones (excluding diaryl/α,β-unsaturated/α-hetero) is 1. The molecule has 2 aromatic rings. The molecule has 2 amide bonds. The van der Waals surface area contributed by atoms with Crippen molar-refractivity contribution in [3.63, 3.8) is 0 Å². The number of carbonyl (C=O) groups excluding carboxylic acids is 3. The topological polar surface area (TPSA) is 141 Å². The van der Waals surface area contributed by atoms with Crippen LogP contribution in [-0.2, 0) is 9.59 Å². The Kier molecular flexibility index (Phi) is 17.2. The van der Waals surface area contributed by atoms with Crippen LogP contribution in [0, 0.1) is 61.8 Å². The van der Waals surface area contributed by atoms with Gasteiger partial charge < -0.3 is 28.3 Å². The number of halogens is 1. The Morgan fingerprint density at radius 3 is 2.23 bits per heavy atom. The van der Waals surface area contributed by atoms with Crippen molar-refractivity contribution in [2.45, 2.75) is 60.3 Å². The SMILES string of the molecule is C=C=C1c2cc(C)c(N=C3CC/C(C=N)=C(/C(=N)c4cc[c-]cc4)CCC3=C(C)C)cc2C(=O)N1CC(N)=O.CC(C)=O.[CH2-]CF.[U+2]. The van der Waals surface area contributed by atoms with Crippen LogP contribution in [-0.4, -0.2) is 53.4 Å². The third-order valence-electron chi connectivity index (χ3n) is 7.15. The molecule has 0 saturated carbocycles. The van der Waals surface area contributed by atoms with Crippen LogP contribution >= 0.6 is 0 Å². The van der Waals surface area contributed by atoms with E-state index in [-0.39, 0.29) is 49.3 Å². The summed E-state index contributed by atoms with van der Waals surface area (Å²) < 4.78 is 10.2. The molecule has 1 aliphatic carbocycles. The number of nitrogens with one attached hydrogen (secondary N) is 2. The van der Waals surface area contributed by atoms with Gasteiger partial charge in [-0.3, -0.25) is 23.9 Å². The number of fused-ring (bicyclic) bond motifs is 1. The summed E-state index contributed by atoms with van der Waals surface area (Å²) in [5.74, 6) is -0.774. The van der Waals surface area contributed by atoms with Gasteiger partial charge in [0.1, 0.15) is 12.3 Å². The Morgan fingerprint density at radius 1 is 1.13 bits per heavy atom. The number of allylic oxidation sites excluding steroid dienone is 4. The van der Waals surface area contributed by atoms with Gasteiger partial charge in [-0.2, -0.15) is 30.3 Å². The van der Waals surface area contributed by atoms with Crippen molar-refractivity contribution in [1.29, 1.82) is 10.8 Å². The number of hydrogen-bond acceptors (Lipinski definition) is 6. The van der Waals surface area contributed by atoms with Gasteiger partial charge in [-0.1, -0.05) is 12.2 Å². The van der Waals surface area contributed by atoms with E-state index in [2.05, 4.69) is 39.1 Å². The van der Waals surface area contributed by atoms with E-state index in [1.54, 1.807) is 18.2 Å². The minimum atomic E-state index is -0.614. The number of amides is 2. The standard InChI is InChI=1S/C32H32N5O2.C3H6O.C2H4F.U/c1-5-29-25-15-20(4)28(16-26(25)32(39)37(29)18-30(34)38)36-27-14-11-22(17-33)24(13-12-23(27)19(2)3)31(35)21-9-7-6-8-10-21;1-3(2)4;1-2-3;/h7-10,15-17,33,35H,1,11-14,18H2,2-4H3,(H2,34,38);1-2H3;1-2H2;/q-1;;-1;+2/b24-22-,33-17?,35-31?,36-27?;;;. The Labute approximate surface area is 301 Å². The second-order valence-corrected chi connectivity index (χ2v) is 11.0. The molecule has 0 aromatic heterocycles. The van der Waals surface area contributed by atoms with Crippen LogP contribution in [0.15, 0.2) is 76.0 Å². The summed E-state index contributed by atoms with van der Waals surface area (Å²) in [6.07, 6.45) is 3.85. The molecule has 47 heavy (non-hydrogen) atoms. The van der Waals surface area contributed by atoms with Gasteiger partial charge >= 0.3 is 31.1 Å². The molecule has 0 fully saturated rings. The van der Waals surface area contributed by atoms with Crippen LogP contribution in [0.2, 0.25) is 0 Å². The van der Waals surface area contributed by atoms with Gasteiger partial charge in [0.2, 0.25) is 5.91 Å². The quantitative estimate of drug-likeness (QED) is 0.160. The maximum Gasteiger partial charge on any atom is 2.00 e. The number of primary amides is 1. The number of aliphatic imine (C=N–C) groups is 1. The Morgan fingerprint density at radius 2 is 1.72 bits per heavy atom. The van der Waals surface area contributed by atoms with Gasteiger partial charge in [-0.15, -0.1) is 11.3 Å². The van der Waals surface area contributed by atoms with E-state index in [9.17, 15) is 18.8 Å². The van der Waals surface area contributed by atoms with Gasteiger partial charge in [-0.25, -0.2) is 0 Å². The maximum absolute atomic E-state index is 13.1. The van der Waals surface area contributed by atoms with Gasteiger partial charge in [0.05, 0.1) is 16.9 Å². The van der Waals surface area contributed by atoms with Gasteiger partial charge in [0.25, 0.3) is 5.91 Å². The molecule has 0 unspecified atom stereocenters. The first-order chi connectivity index (χ1) is 21.8. The molecule has 0 bridgehead atoms. The van der Waals surface area contributed by atoms with Crippen LogP contribution in [0.5, 0.6) is 0 Å². The number of hydrogen-bond donors (Lipinski definition) is 3. The predicted octanol–water partition coefficient (Wildman–Crippen LogP) is 7.24. The van der Waals surface area contributed by atoms with Crippen molar-refractivity contribution in [1.82, 2.24) is 4.90 Å². The number of aryl methyl sites for hydroxylation is 1. The van der Waals surface area contributed by atoms with Crippen molar-refractivity contribution in [2.75, 3.05) is 13.2 Å². The molecule has 2 aromatic carbocycles. The zero-order chi connectivity index (χ0) is 34.6. The first kappa shape index (κ1) is 41.1. The predicted molar refractivity (Wildman–Crippen MR) is 183 cm³/mol. The fourth-order valence-electron chi connectivity index (χ4n) is 5.17. The van der Waals surface area contributed by atoms with Crippen molar-refractivity contribution >= 4 is 46.6 Å². The fraction of sp³-hybridized carbons (Fsp3) is 0.297. The van der Waals surface area contributed by atoms with Crippen LogP contribution in [0.3, 0.4) is 0 Å². The van der Waals surface area contributed by atoms with Crippen LogP contribution < -0.4 is 5.73 Å². The summed E-state index contributed by atoms with van der Waals surface area (Å²) >= 11 is 0. The van der Waals surface area contributed by atoms with Gasteiger partial charge in [-0.05, 0) is 101 Å². The third kappa shape index (κ3) is 11.1. The molecule has 0 saturated heterocycles. The van der Waals surface area contributed by atoms with Gasteiger partial charge in [0, 0.05) is 23.2 Å². The van der Waals surface area contributed by atoms with Crippen molar-refractivity contribution in [3.8, 4) is 0 Å². The Bertz CT molecular complexity index is 1660. The van der Waals surface area contributed by atoms with E-state index in [4.69, 9.17) is 21.5 Å². The number of alkyl halides is 1. The number of nitrogens with two attached hydrogens (primary N) is 1. The number of ketones is 1. The molecule has 1 heterocycles. The van der Waals surface area contributed by atoms with Crippen molar-refractivity contribution < 1.29 is 49.9 Å². The molecular weight excluding hydrogens is 819 g/mol. The van der Waals surface area contributed by atoms with E-state index < -0.39 is 12.6 Å². The van der Waals surface area contributed by atoms with Gasteiger partial charge in [0.15, 0.2) is 0 Å². The van der Waals surface area contributed by atoms with Crippen molar-refractivity contribution in [2.24, 2.45) is 10.7 Å². The second-order valence-electron chi connectivity index (χ2n) is 11.0. The molecule has 4 N–H and O–H groups in total. The Hall–Kier alpha value is -3.96. The zero-order valence-corrected chi connectivity index (χ0v) is 31.9. The van der Waals surface area contributed by atoms with Crippen LogP contribution in [0.25, 0.3) is 5.70 Å². The summed E-state index contributed by atoms with van der Waals surface area (Å²) in [7, 11) is 0. The van der Waals surface area contributed by atoms with Crippen LogP contribution in [0.1, 0.15) is 80.4 Å². The van der Waals surface area contributed by atoms with E-state index in [0.29, 0.717) is 53.9 Å². The first-order valence-corrected chi connectivity index (χ1v) is 14.8. The number of rotatable bonds is 6. The molecule has 0 spiro atoms. The fourth-order valence-corrected chi connectivity index (χ4v) is 5.17. The minimum Gasteiger partial charge on any atom is -0.368 e. The minimum absolute atomic E-state index is 0. The zero-order valence-electron chi connectivity index (χ0n) is 27.8. The summed E-state index contributed by atoms with van der Waals surface area (Å²) in [5.41, 5.74) is 17.4. The number of benzene rings is 2. The number of carbonyl (C=O) groups is 3. The Balaban J connectivity index is 0.00000126. The maximum atomic E-state index is 13.1. The normalized spacial score (nSPS) is 16.2. The summed E-state index contributed by atoms with van der Waals surface area (Å²) in [6, 6.07) is 14.0. The van der Waals surface area contributed by atoms with E-state index in [0.717, 1.165) is 39.1 Å². The molecule has 244 valence electrons. The summed E-state index contributed by atoms with van der Waals surface area (Å²) in [6.45, 7) is 14.9.